The van der Waals surface area contributed by atoms with E-state index in [1.807, 2.05) is 0 Å². The molecular weight excluding hydrogens is 221 g/mol. The van der Waals surface area contributed by atoms with Gasteiger partial charge in [0.15, 0.2) is 5.82 Å². The van der Waals surface area contributed by atoms with Crippen LogP contribution in [0, 0.1) is 5.82 Å². The molecule has 0 saturated carbocycles. The molecule has 0 unspecified atom stereocenters. The molecule has 0 radical (unpaired) electrons. The summed E-state index contributed by atoms with van der Waals surface area (Å²) in [6.45, 7) is 0.298. The highest BCUT2D eigenvalue weighted by Crippen LogP contribution is 2.20. The highest BCUT2D eigenvalue weighted by molar-refractivity contribution is 5.55. The van der Waals surface area contributed by atoms with Crippen molar-refractivity contribution in [3.8, 4) is 17.3 Å². The Bertz CT molecular complexity index is 531. The Hall–Kier alpha value is -2.01. The molecule has 0 aliphatic heterocycles. The van der Waals surface area contributed by atoms with Crippen LogP contribution in [-0.2, 0) is 6.54 Å². The minimum absolute atomic E-state index is 0.298. The molecule has 5 heteroatoms. The van der Waals surface area contributed by atoms with Crippen molar-refractivity contribution < 1.29 is 9.13 Å². The van der Waals surface area contributed by atoms with Gasteiger partial charge >= 0.3 is 0 Å². The van der Waals surface area contributed by atoms with Crippen molar-refractivity contribution in [2.24, 2.45) is 5.73 Å². The van der Waals surface area contributed by atoms with E-state index < -0.39 is 0 Å². The number of benzene rings is 1. The topological polar surface area (TPSA) is 61.0 Å². The van der Waals surface area contributed by atoms with E-state index in [0.29, 0.717) is 29.4 Å². The highest BCUT2D eigenvalue weighted by Gasteiger charge is 2.08. The van der Waals surface area contributed by atoms with Gasteiger partial charge in [-0.15, -0.1) is 0 Å². The summed E-state index contributed by atoms with van der Waals surface area (Å²) in [6, 6.07) is 6.09. The van der Waals surface area contributed by atoms with Crippen LogP contribution in [-0.4, -0.2) is 17.1 Å². The van der Waals surface area contributed by atoms with E-state index >= 15 is 0 Å². The first-order valence-electron chi connectivity index (χ1n) is 5.10. The van der Waals surface area contributed by atoms with E-state index in [0.717, 1.165) is 0 Å². The molecule has 2 rings (SSSR count). The van der Waals surface area contributed by atoms with Crippen LogP contribution in [0.25, 0.3) is 11.4 Å². The Kier molecular flexibility index (Phi) is 3.30. The first-order chi connectivity index (χ1) is 8.24. The quantitative estimate of drug-likeness (QED) is 0.877. The summed E-state index contributed by atoms with van der Waals surface area (Å²) in [5.74, 6) is 0.508. The lowest BCUT2D eigenvalue weighted by Gasteiger charge is -2.07. The molecule has 0 bridgehead atoms. The van der Waals surface area contributed by atoms with Gasteiger partial charge in [-0.05, 0) is 12.1 Å². The van der Waals surface area contributed by atoms with E-state index in [1.165, 1.54) is 19.2 Å². The maximum Gasteiger partial charge on any atom is 0.221 e. The average molecular weight is 233 g/mol. The minimum Gasteiger partial charge on any atom is -0.481 e. The summed E-state index contributed by atoms with van der Waals surface area (Å²) < 4.78 is 18.2. The van der Waals surface area contributed by atoms with Crippen molar-refractivity contribution in [3.05, 3.63) is 41.8 Å². The third kappa shape index (κ3) is 2.39. The fourth-order valence-corrected chi connectivity index (χ4v) is 1.47. The van der Waals surface area contributed by atoms with E-state index in [1.54, 1.807) is 18.3 Å². The number of methoxy groups -OCH3 is 1. The Morgan fingerprint density at radius 1 is 1.41 bits per heavy atom. The van der Waals surface area contributed by atoms with Crippen molar-refractivity contribution >= 4 is 0 Å². The van der Waals surface area contributed by atoms with Crippen LogP contribution in [0.15, 0.2) is 30.5 Å². The van der Waals surface area contributed by atoms with Crippen molar-refractivity contribution in [2.75, 3.05) is 7.11 Å². The maximum absolute atomic E-state index is 13.1. The molecule has 0 fully saturated rings. The standard InChI is InChI=1S/C12H12FN3O/c1-17-12-9(6-14)7-15-11(16-12)8-3-2-4-10(13)5-8/h2-5,7H,6,14H2,1H3. The second kappa shape index (κ2) is 4.88. The molecule has 2 aromatic rings. The number of halogens is 1. The molecule has 0 saturated heterocycles. The minimum atomic E-state index is -0.326. The lowest BCUT2D eigenvalue weighted by Crippen LogP contribution is -2.04. The fourth-order valence-electron chi connectivity index (χ4n) is 1.47. The lowest BCUT2D eigenvalue weighted by molar-refractivity contribution is 0.392. The van der Waals surface area contributed by atoms with Gasteiger partial charge in [-0.2, -0.15) is 4.98 Å². The number of nitrogens with two attached hydrogens (primary N) is 1. The van der Waals surface area contributed by atoms with Gasteiger partial charge < -0.3 is 10.5 Å². The smallest absolute Gasteiger partial charge is 0.221 e. The van der Waals surface area contributed by atoms with Gasteiger partial charge in [-0.25, -0.2) is 9.37 Å². The zero-order chi connectivity index (χ0) is 12.3. The molecule has 1 aromatic heterocycles. The van der Waals surface area contributed by atoms with Crippen molar-refractivity contribution in [1.29, 1.82) is 0 Å². The molecule has 1 heterocycles. The van der Waals surface area contributed by atoms with Crippen LogP contribution >= 0.6 is 0 Å². The van der Waals surface area contributed by atoms with Gasteiger partial charge in [0.2, 0.25) is 5.88 Å². The zero-order valence-corrected chi connectivity index (χ0v) is 9.35. The monoisotopic (exact) mass is 233 g/mol. The molecule has 2 N–H and O–H groups in total. The third-order valence-electron chi connectivity index (χ3n) is 2.32. The van der Waals surface area contributed by atoms with E-state index in [4.69, 9.17) is 10.5 Å². The lowest BCUT2D eigenvalue weighted by atomic mass is 10.2. The fraction of sp³-hybridized carbons (Fsp3) is 0.167. The Morgan fingerprint density at radius 3 is 2.88 bits per heavy atom. The number of hydrogen-bond acceptors (Lipinski definition) is 4. The van der Waals surface area contributed by atoms with E-state index in [-0.39, 0.29) is 5.82 Å². The summed E-state index contributed by atoms with van der Waals surface area (Å²) in [4.78, 5) is 8.33. The van der Waals surface area contributed by atoms with Crippen molar-refractivity contribution in [1.82, 2.24) is 9.97 Å². The summed E-state index contributed by atoms with van der Waals surface area (Å²) in [6.07, 6.45) is 1.59. The van der Waals surface area contributed by atoms with Crippen LogP contribution in [0.3, 0.4) is 0 Å². The zero-order valence-electron chi connectivity index (χ0n) is 9.35. The van der Waals surface area contributed by atoms with Crippen LogP contribution < -0.4 is 10.5 Å². The Morgan fingerprint density at radius 2 is 2.24 bits per heavy atom. The summed E-state index contributed by atoms with van der Waals surface area (Å²) >= 11 is 0. The number of hydrogen-bond donors (Lipinski definition) is 1. The van der Waals surface area contributed by atoms with Gasteiger partial charge in [0.1, 0.15) is 5.82 Å². The Labute approximate surface area is 98.3 Å². The van der Waals surface area contributed by atoms with Crippen molar-refractivity contribution in [3.63, 3.8) is 0 Å². The van der Waals surface area contributed by atoms with E-state index in [2.05, 4.69) is 9.97 Å². The summed E-state index contributed by atoms with van der Waals surface area (Å²) in [5, 5.41) is 0. The summed E-state index contributed by atoms with van der Waals surface area (Å²) in [5.41, 5.74) is 6.84. The SMILES string of the molecule is COc1nc(-c2cccc(F)c2)ncc1CN. The Balaban J connectivity index is 2.46. The number of rotatable bonds is 3. The average Bonchev–Trinajstić information content (AvgIpc) is 2.38. The maximum atomic E-state index is 13.1. The molecule has 0 aliphatic carbocycles. The third-order valence-corrected chi connectivity index (χ3v) is 2.32. The van der Waals surface area contributed by atoms with Crippen molar-refractivity contribution in [2.45, 2.75) is 6.54 Å². The van der Waals surface area contributed by atoms with Gasteiger partial charge in [0.25, 0.3) is 0 Å². The summed E-state index contributed by atoms with van der Waals surface area (Å²) in [7, 11) is 1.51. The second-order valence-electron chi connectivity index (χ2n) is 3.44. The van der Waals surface area contributed by atoms with Crippen LogP contribution in [0.1, 0.15) is 5.56 Å². The molecule has 0 atom stereocenters. The first kappa shape index (κ1) is 11.5. The number of ether oxygens (including phenoxy) is 1. The molecule has 17 heavy (non-hydrogen) atoms. The molecular formula is C12H12FN3O. The number of nitrogens with zero attached hydrogens (tertiary/aromatic N) is 2. The normalized spacial score (nSPS) is 10.3. The van der Waals surface area contributed by atoms with Crippen LogP contribution in [0.2, 0.25) is 0 Å². The highest BCUT2D eigenvalue weighted by atomic mass is 19.1. The van der Waals surface area contributed by atoms with Crippen LogP contribution in [0.5, 0.6) is 5.88 Å². The van der Waals surface area contributed by atoms with Gasteiger partial charge in [0.05, 0.1) is 7.11 Å². The largest absolute Gasteiger partial charge is 0.481 e. The molecule has 4 nitrogen and oxygen atoms in total. The second-order valence-corrected chi connectivity index (χ2v) is 3.44. The van der Waals surface area contributed by atoms with E-state index in [9.17, 15) is 4.39 Å². The predicted molar refractivity (Wildman–Crippen MR) is 61.9 cm³/mol. The molecule has 0 aliphatic rings. The van der Waals surface area contributed by atoms with Gasteiger partial charge in [-0.1, -0.05) is 12.1 Å². The molecule has 1 aromatic carbocycles. The van der Waals surface area contributed by atoms with Gasteiger partial charge in [-0.3, -0.25) is 0 Å². The molecule has 88 valence electrons. The number of aromatic nitrogens is 2. The van der Waals surface area contributed by atoms with Crippen LogP contribution in [0.4, 0.5) is 4.39 Å². The molecule has 0 amide bonds. The van der Waals surface area contributed by atoms with Gasteiger partial charge in [0, 0.05) is 23.9 Å². The first-order valence-corrected chi connectivity index (χ1v) is 5.10. The molecule has 0 spiro atoms. The predicted octanol–water partition coefficient (Wildman–Crippen LogP) is 1.75.